The second-order valence-electron chi connectivity index (χ2n) is 7.61. The highest BCUT2D eigenvalue weighted by molar-refractivity contribution is 14.0. The summed E-state index contributed by atoms with van der Waals surface area (Å²) in [7, 11) is 0. The second kappa shape index (κ2) is 14.4. The lowest BCUT2D eigenvalue weighted by Gasteiger charge is -2.26. The first-order valence-corrected chi connectivity index (χ1v) is 10.8. The Balaban J connectivity index is 0.00000341. The van der Waals surface area contributed by atoms with Crippen molar-refractivity contribution in [3.8, 4) is 0 Å². The van der Waals surface area contributed by atoms with Crippen molar-refractivity contribution < 1.29 is 14.3 Å². The van der Waals surface area contributed by atoms with Crippen LogP contribution in [0, 0.1) is 6.92 Å². The van der Waals surface area contributed by atoms with Crippen LogP contribution < -0.4 is 10.6 Å². The number of guanidine groups is 1. The molecule has 0 amide bonds. The van der Waals surface area contributed by atoms with Crippen LogP contribution in [0.1, 0.15) is 29.4 Å². The first-order valence-electron chi connectivity index (χ1n) is 10.8. The van der Waals surface area contributed by atoms with Crippen LogP contribution in [-0.4, -0.2) is 68.4 Å². The highest BCUT2D eigenvalue weighted by atomic mass is 127. The van der Waals surface area contributed by atoms with Gasteiger partial charge in [-0.2, -0.15) is 0 Å². The van der Waals surface area contributed by atoms with Crippen LogP contribution in [0.5, 0.6) is 0 Å². The van der Waals surface area contributed by atoms with E-state index in [-0.39, 0.29) is 24.0 Å². The van der Waals surface area contributed by atoms with Crippen molar-refractivity contribution in [1.29, 1.82) is 0 Å². The number of benzene rings is 1. The van der Waals surface area contributed by atoms with Crippen LogP contribution in [0.2, 0.25) is 0 Å². The number of ether oxygens (including phenoxy) is 1. The van der Waals surface area contributed by atoms with E-state index < -0.39 is 6.10 Å². The summed E-state index contributed by atoms with van der Waals surface area (Å²) in [5.41, 5.74) is 2.02. The second-order valence-corrected chi connectivity index (χ2v) is 7.61. The van der Waals surface area contributed by atoms with Gasteiger partial charge in [0.15, 0.2) is 5.96 Å². The molecule has 8 heteroatoms. The molecule has 0 bridgehead atoms. The Labute approximate surface area is 202 Å². The van der Waals surface area contributed by atoms with Crippen molar-refractivity contribution in [3.63, 3.8) is 0 Å². The lowest BCUT2D eigenvalue weighted by molar-refractivity contribution is 0.0376. The molecular weight excluding hydrogens is 507 g/mol. The van der Waals surface area contributed by atoms with Crippen molar-refractivity contribution in [2.75, 3.05) is 52.5 Å². The zero-order chi connectivity index (χ0) is 21.0. The largest absolute Gasteiger partial charge is 0.469 e. The fraction of sp³-hybridized carbons (Fsp3) is 0.522. The predicted molar refractivity (Wildman–Crippen MR) is 134 cm³/mol. The molecule has 0 spiro atoms. The molecule has 172 valence electrons. The lowest BCUT2D eigenvalue weighted by atomic mass is 10.1. The smallest absolute Gasteiger partial charge is 0.191 e. The van der Waals surface area contributed by atoms with Gasteiger partial charge >= 0.3 is 0 Å². The predicted octanol–water partition coefficient (Wildman–Crippen LogP) is 2.74. The fourth-order valence-corrected chi connectivity index (χ4v) is 3.43. The van der Waals surface area contributed by atoms with Gasteiger partial charge < -0.3 is 24.9 Å². The average molecular weight is 542 g/mol. The molecule has 1 aromatic carbocycles. The summed E-state index contributed by atoms with van der Waals surface area (Å²) < 4.78 is 10.8. The van der Waals surface area contributed by atoms with Crippen molar-refractivity contribution in [2.24, 2.45) is 4.99 Å². The Hall–Kier alpha value is -1.62. The van der Waals surface area contributed by atoms with Gasteiger partial charge in [0.1, 0.15) is 5.76 Å². The van der Waals surface area contributed by atoms with Crippen LogP contribution in [0.25, 0.3) is 0 Å². The molecule has 0 aliphatic carbocycles. The van der Waals surface area contributed by atoms with Crippen LogP contribution in [-0.2, 0) is 11.2 Å². The highest BCUT2D eigenvalue weighted by Crippen LogP contribution is 2.14. The van der Waals surface area contributed by atoms with Crippen LogP contribution in [0.4, 0.5) is 0 Å². The first kappa shape index (κ1) is 25.6. The molecule has 3 N–H and O–H groups in total. The van der Waals surface area contributed by atoms with E-state index in [2.05, 4.69) is 20.5 Å². The molecule has 1 aliphatic rings. The molecule has 1 fully saturated rings. The molecule has 31 heavy (non-hydrogen) atoms. The van der Waals surface area contributed by atoms with Crippen molar-refractivity contribution in [1.82, 2.24) is 15.5 Å². The maximum absolute atomic E-state index is 10.5. The number of halogens is 1. The van der Waals surface area contributed by atoms with Gasteiger partial charge in [0.2, 0.25) is 0 Å². The van der Waals surface area contributed by atoms with E-state index in [1.54, 1.807) is 6.26 Å². The average Bonchev–Trinajstić information content (AvgIpc) is 3.28. The van der Waals surface area contributed by atoms with Crippen LogP contribution >= 0.6 is 24.0 Å². The number of aryl methyl sites for hydroxylation is 1. The minimum atomic E-state index is -0.623. The molecule has 2 heterocycles. The molecule has 1 saturated heterocycles. The molecule has 1 aliphatic heterocycles. The number of aliphatic hydroxyl groups excluding tert-OH is 1. The SMILES string of the molecule is Cc1cccc(C(O)CN=C(NCCCN2CCOCC2)NCCc2ccco2)c1.I. The van der Waals surface area contributed by atoms with E-state index in [4.69, 9.17) is 9.15 Å². The highest BCUT2D eigenvalue weighted by Gasteiger charge is 2.10. The topological polar surface area (TPSA) is 82.3 Å². The maximum Gasteiger partial charge on any atom is 0.191 e. The summed E-state index contributed by atoms with van der Waals surface area (Å²) in [5.74, 6) is 1.66. The number of morpholine rings is 1. The van der Waals surface area contributed by atoms with Crippen LogP contribution in [0.3, 0.4) is 0 Å². The summed E-state index contributed by atoms with van der Waals surface area (Å²) >= 11 is 0. The number of hydrogen-bond acceptors (Lipinski definition) is 5. The Morgan fingerprint density at radius 1 is 1.16 bits per heavy atom. The molecule has 3 rings (SSSR count). The number of furan rings is 1. The van der Waals surface area contributed by atoms with E-state index in [1.165, 1.54) is 0 Å². The van der Waals surface area contributed by atoms with E-state index in [0.29, 0.717) is 13.1 Å². The monoisotopic (exact) mass is 542 g/mol. The summed E-state index contributed by atoms with van der Waals surface area (Å²) in [6.07, 6.45) is 2.87. The van der Waals surface area contributed by atoms with E-state index in [1.807, 2.05) is 43.3 Å². The van der Waals surface area contributed by atoms with Gasteiger partial charge in [-0.3, -0.25) is 9.89 Å². The standard InChI is InChI=1S/C23H34N4O3.HI/c1-19-5-2-6-20(17-19)22(28)18-26-23(25-10-8-21-7-3-14-30-21)24-9-4-11-27-12-15-29-16-13-27;/h2-3,5-7,14,17,22,28H,4,8-13,15-16,18H2,1H3,(H2,24,25,26);1H. The first-order chi connectivity index (χ1) is 14.7. The van der Waals surface area contributed by atoms with Gasteiger partial charge in [-0.15, -0.1) is 24.0 Å². The quantitative estimate of drug-likeness (QED) is 0.186. The van der Waals surface area contributed by atoms with E-state index >= 15 is 0 Å². The summed E-state index contributed by atoms with van der Waals surface area (Å²) in [4.78, 5) is 7.04. The van der Waals surface area contributed by atoms with Gasteiger partial charge in [-0.05, 0) is 37.6 Å². The summed E-state index contributed by atoms with van der Waals surface area (Å²) in [6.45, 7) is 8.57. The fourth-order valence-electron chi connectivity index (χ4n) is 3.43. The molecule has 0 radical (unpaired) electrons. The molecule has 0 saturated carbocycles. The van der Waals surface area contributed by atoms with Crippen molar-refractivity contribution in [2.45, 2.75) is 25.9 Å². The number of rotatable bonds is 10. The third kappa shape index (κ3) is 9.59. The number of nitrogens with zero attached hydrogens (tertiary/aromatic N) is 2. The minimum Gasteiger partial charge on any atom is -0.469 e. The summed E-state index contributed by atoms with van der Waals surface area (Å²) in [5, 5.41) is 17.3. The lowest BCUT2D eigenvalue weighted by Crippen LogP contribution is -2.41. The van der Waals surface area contributed by atoms with Gasteiger partial charge in [0.25, 0.3) is 0 Å². The van der Waals surface area contributed by atoms with E-state index in [0.717, 1.165) is 75.1 Å². The number of aliphatic imine (C=N–C) groups is 1. The molecule has 1 aromatic heterocycles. The van der Waals surface area contributed by atoms with Crippen molar-refractivity contribution in [3.05, 3.63) is 59.5 Å². The number of nitrogens with one attached hydrogen (secondary N) is 2. The third-order valence-corrected chi connectivity index (χ3v) is 5.14. The molecule has 2 aromatic rings. The Morgan fingerprint density at radius 3 is 2.71 bits per heavy atom. The number of aliphatic hydroxyl groups is 1. The molecule has 1 unspecified atom stereocenters. The third-order valence-electron chi connectivity index (χ3n) is 5.14. The molecule has 7 nitrogen and oxygen atoms in total. The normalized spacial score (nSPS) is 15.9. The zero-order valence-corrected chi connectivity index (χ0v) is 20.6. The Morgan fingerprint density at radius 2 is 1.97 bits per heavy atom. The molecule has 1 atom stereocenters. The van der Waals surface area contributed by atoms with Gasteiger partial charge in [0.05, 0.1) is 32.1 Å². The van der Waals surface area contributed by atoms with Gasteiger partial charge in [-0.25, -0.2) is 0 Å². The van der Waals surface area contributed by atoms with E-state index in [9.17, 15) is 5.11 Å². The summed E-state index contributed by atoms with van der Waals surface area (Å²) in [6, 6.07) is 11.8. The Bertz CT molecular complexity index is 764. The number of hydrogen-bond donors (Lipinski definition) is 3. The maximum atomic E-state index is 10.5. The van der Waals surface area contributed by atoms with Gasteiger partial charge in [0, 0.05) is 32.6 Å². The zero-order valence-electron chi connectivity index (χ0n) is 18.3. The van der Waals surface area contributed by atoms with Crippen molar-refractivity contribution >= 4 is 29.9 Å². The molecular formula is C23H35IN4O3. The van der Waals surface area contributed by atoms with Gasteiger partial charge in [-0.1, -0.05) is 29.8 Å². The minimum absolute atomic E-state index is 0. The Kier molecular flexibility index (Phi) is 11.9. The van der Waals surface area contributed by atoms with Crippen LogP contribution in [0.15, 0.2) is 52.1 Å².